The van der Waals surface area contributed by atoms with Crippen LogP contribution in [0.1, 0.15) is 18.2 Å². The van der Waals surface area contributed by atoms with Crippen LogP contribution in [0.5, 0.6) is 0 Å². The van der Waals surface area contributed by atoms with Crippen LogP contribution in [0, 0.1) is 35.7 Å². The predicted molar refractivity (Wildman–Crippen MR) is 122 cm³/mol. The van der Waals surface area contributed by atoms with Gasteiger partial charge in [-0.3, -0.25) is 4.68 Å². The Morgan fingerprint density at radius 3 is 2.57 bits per heavy atom. The van der Waals surface area contributed by atoms with Crippen LogP contribution in [0.2, 0.25) is 0 Å². The van der Waals surface area contributed by atoms with Gasteiger partial charge in [-0.1, -0.05) is 11.8 Å². The van der Waals surface area contributed by atoms with Gasteiger partial charge in [0, 0.05) is 29.5 Å². The van der Waals surface area contributed by atoms with Crippen molar-refractivity contribution >= 4 is 11.8 Å². The minimum absolute atomic E-state index is 0.0771. The average molecular weight is 508 g/mol. The Balaban J connectivity index is 1.81. The van der Waals surface area contributed by atoms with Gasteiger partial charge >= 0.3 is 0 Å². The summed E-state index contributed by atoms with van der Waals surface area (Å²) in [6, 6.07) is 5.48. The van der Waals surface area contributed by atoms with Gasteiger partial charge in [0.1, 0.15) is 23.8 Å². The van der Waals surface area contributed by atoms with E-state index in [1.165, 1.54) is 17.1 Å². The molecule has 186 valence electrons. The maximum absolute atomic E-state index is 13.6. The Hall–Kier alpha value is -2.95. The summed E-state index contributed by atoms with van der Waals surface area (Å²) in [4.78, 5) is 4.60. The number of benzene rings is 1. The lowest BCUT2D eigenvalue weighted by molar-refractivity contribution is -0.0641. The first kappa shape index (κ1) is 26.7. The average Bonchev–Trinajstić information content (AvgIpc) is 3.29. The number of ether oxygens (including phenoxy) is 2. The maximum atomic E-state index is 13.6. The number of aromatic nitrogens is 3. The molecule has 0 aliphatic rings. The Morgan fingerprint density at radius 2 is 1.91 bits per heavy atom. The molecule has 2 heterocycles. The van der Waals surface area contributed by atoms with Crippen LogP contribution in [-0.2, 0) is 16.0 Å². The number of aliphatic hydroxyl groups is 1. The van der Waals surface area contributed by atoms with Gasteiger partial charge < -0.3 is 20.3 Å². The maximum Gasteiger partial charge on any atom is 0.194 e. The van der Waals surface area contributed by atoms with Crippen molar-refractivity contribution in [3.05, 3.63) is 65.5 Å². The highest BCUT2D eigenvalue weighted by Crippen LogP contribution is 2.30. The van der Waals surface area contributed by atoms with Crippen LogP contribution in [0.15, 0.2) is 41.7 Å². The molecule has 0 bridgehead atoms. The van der Waals surface area contributed by atoms with E-state index in [1.54, 1.807) is 19.2 Å². The molecule has 0 fully saturated rings. The number of thioether (sulfide) groups is 1. The lowest BCUT2D eigenvalue weighted by Crippen LogP contribution is -2.39. The predicted octanol–water partition coefficient (Wildman–Crippen LogP) is 3.36. The zero-order valence-corrected chi connectivity index (χ0v) is 19.8. The summed E-state index contributed by atoms with van der Waals surface area (Å²) in [6.45, 7) is 4.06. The van der Waals surface area contributed by atoms with Gasteiger partial charge in [-0.15, -0.1) is 0 Å². The fraction of sp³-hybridized carbons (Fsp3) is 0.348. The summed E-state index contributed by atoms with van der Waals surface area (Å²) in [6.07, 6.45) is 2.31. The molecule has 12 heteroatoms. The first-order chi connectivity index (χ1) is 16.7. The van der Waals surface area contributed by atoms with Crippen molar-refractivity contribution in [1.29, 1.82) is 5.26 Å². The number of aliphatic hydroxyl groups excluding tert-OH is 1. The van der Waals surface area contributed by atoms with Gasteiger partial charge in [0.05, 0.1) is 19.3 Å². The smallest absolute Gasteiger partial charge is 0.194 e. The van der Waals surface area contributed by atoms with E-state index in [9.17, 15) is 23.5 Å². The fourth-order valence-electron chi connectivity index (χ4n) is 3.10. The molecule has 2 unspecified atom stereocenters. The number of aryl methyl sites for hydroxylation is 1. The van der Waals surface area contributed by atoms with E-state index in [1.807, 2.05) is 13.0 Å². The molecule has 3 atom stereocenters. The molecule has 0 spiro atoms. The van der Waals surface area contributed by atoms with Crippen LogP contribution in [0.25, 0.3) is 11.1 Å². The summed E-state index contributed by atoms with van der Waals surface area (Å²) >= 11 is 1.08. The summed E-state index contributed by atoms with van der Waals surface area (Å²) in [5, 5.41) is 24.5. The van der Waals surface area contributed by atoms with Gasteiger partial charge in [0.25, 0.3) is 0 Å². The second-order valence-electron chi connectivity index (χ2n) is 7.56. The molecule has 0 saturated carbocycles. The number of hydrogen-bond donors (Lipinski definition) is 2. The Labute approximate surface area is 204 Å². The Kier molecular flexibility index (Phi) is 9.25. The molecule has 0 radical (unpaired) electrons. The lowest BCUT2D eigenvalue weighted by atomic mass is 10.1. The highest BCUT2D eigenvalue weighted by Gasteiger charge is 2.26. The molecule has 0 amide bonds. The van der Waals surface area contributed by atoms with E-state index in [0.29, 0.717) is 17.1 Å². The number of nitriles is 1. The van der Waals surface area contributed by atoms with Crippen molar-refractivity contribution in [2.24, 2.45) is 5.73 Å². The molecule has 3 N–H and O–H groups in total. The molecule has 35 heavy (non-hydrogen) atoms. The number of halogens is 3. The van der Waals surface area contributed by atoms with Crippen molar-refractivity contribution in [3.8, 4) is 17.2 Å². The van der Waals surface area contributed by atoms with E-state index in [0.717, 1.165) is 29.5 Å². The third-order valence-electron chi connectivity index (χ3n) is 4.77. The second kappa shape index (κ2) is 12.1. The molecule has 3 aromatic rings. The zero-order valence-electron chi connectivity index (χ0n) is 19.0. The van der Waals surface area contributed by atoms with Crippen molar-refractivity contribution in [3.63, 3.8) is 0 Å². The van der Waals surface area contributed by atoms with Gasteiger partial charge in [0.15, 0.2) is 23.1 Å². The summed E-state index contributed by atoms with van der Waals surface area (Å²) in [5.41, 5.74) is 6.45. The van der Waals surface area contributed by atoms with Crippen LogP contribution in [-0.4, -0.2) is 50.9 Å². The molecule has 0 saturated heterocycles. The van der Waals surface area contributed by atoms with Crippen molar-refractivity contribution in [2.45, 2.75) is 43.1 Å². The molecule has 1 aromatic carbocycles. The van der Waals surface area contributed by atoms with Gasteiger partial charge in [0.2, 0.25) is 0 Å². The zero-order chi connectivity index (χ0) is 25.5. The van der Waals surface area contributed by atoms with E-state index in [2.05, 4.69) is 10.1 Å². The second-order valence-corrected chi connectivity index (χ2v) is 8.70. The van der Waals surface area contributed by atoms with Crippen LogP contribution in [0.3, 0.4) is 0 Å². The van der Waals surface area contributed by atoms with Crippen LogP contribution < -0.4 is 5.73 Å². The first-order valence-corrected chi connectivity index (χ1v) is 11.5. The molecule has 0 aliphatic heterocycles. The molecule has 2 aromatic heterocycles. The number of hydrogen-bond acceptors (Lipinski definition) is 8. The third-order valence-corrected chi connectivity index (χ3v) is 6.00. The van der Waals surface area contributed by atoms with Gasteiger partial charge in [-0.05, 0) is 43.2 Å². The van der Waals surface area contributed by atoms with E-state index in [4.69, 9.17) is 15.2 Å². The third kappa shape index (κ3) is 7.03. The summed E-state index contributed by atoms with van der Waals surface area (Å²) in [7, 11) is 0. The largest absolute Gasteiger partial charge is 0.388 e. The van der Waals surface area contributed by atoms with E-state index >= 15 is 0 Å². The first-order valence-electron chi connectivity index (χ1n) is 10.6. The number of nitrogens with two attached hydrogens (primary N) is 1. The minimum atomic E-state index is -1.56. The lowest BCUT2D eigenvalue weighted by Gasteiger charge is -2.26. The topological polar surface area (TPSA) is 119 Å². The number of nitrogens with zero attached hydrogens (tertiary/aromatic N) is 4. The highest BCUT2D eigenvalue weighted by atomic mass is 32.2. The quantitative estimate of drug-likeness (QED) is 0.230. The molecule has 8 nitrogen and oxygen atoms in total. The van der Waals surface area contributed by atoms with Gasteiger partial charge in [-0.25, -0.2) is 18.2 Å². The van der Waals surface area contributed by atoms with Crippen LogP contribution in [0.4, 0.5) is 13.2 Å². The molecule has 3 rings (SSSR count). The Morgan fingerprint density at radius 1 is 1.20 bits per heavy atom. The fourth-order valence-corrected chi connectivity index (χ4v) is 4.25. The molecule has 0 aliphatic carbocycles. The highest BCUT2D eigenvalue weighted by molar-refractivity contribution is 7.99. The number of pyridine rings is 1. The van der Waals surface area contributed by atoms with Crippen molar-refractivity contribution in [1.82, 2.24) is 14.8 Å². The van der Waals surface area contributed by atoms with E-state index in [-0.39, 0.29) is 24.4 Å². The molecular weight excluding hydrogens is 483 g/mol. The van der Waals surface area contributed by atoms with Gasteiger partial charge in [-0.2, -0.15) is 10.4 Å². The van der Waals surface area contributed by atoms with Crippen molar-refractivity contribution < 1.29 is 27.8 Å². The normalized spacial score (nSPS) is 13.9. The van der Waals surface area contributed by atoms with Crippen molar-refractivity contribution in [2.75, 3.05) is 13.2 Å². The monoisotopic (exact) mass is 507 g/mol. The summed E-state index contributed by atoms with van der Waals surface area (Å²) in [5.74, 6) is -4.19. The van der Waals surface area contributed by atoms with Crippen LogP contribution >= 0.6 is 11.8 Å². The number of rotatable bonds is 11. The summed E-state index contributed by atoms with van der Waals surface area (Å²) < 4.78 is 52.9. The Bertz CT molecular complexity index is 1180. The standard InChI is InChI=1S/C23H24F3N5O3S/c1-3-33-12-21(28)34-23(35-20-4-13(2)8-29-18(20)7-27)19(32)11-31-10-15(9-30-31)14-5-16(24)22(26)17(25)6-14/h4-6,8-10,19,21,23,32H,3,11-12,28H2,1-2H3/t19-,21?,23?/m0/s1. The van der Waals surface area contributed by atoms with E-state index < -0.39 is 35.2 Å². The molecular formula is C23H24F3N5O3S. The SMILES string of the molecule is CCOCC(N)OC(Sc1cc(C)cnc1C#N)[C@@H](O)Cn1cc(-c2cc(F)c(F)c(F)c2)cn1. The minimum Gasteiger partial charge on any atom is -0.388 e.